The monoisotopic (exact) mass is 392 g/mol. The van der Waals surface area contributed by atoms with E-state index >= 15 is 0 Å². The number of Topliss-reactive ketones (excluding diaryl/α,β-unsaturated/α-hetero) is 1. The van der Waals surface area contributed by atoms with Gasteiger partial charge in [0, 0.05) is 11.0 Å². The molecule has 3 aliphatic rings. The number of hydrogen-bond acceptors (Lipinski definition) is 4. The number of ether oxygens (including phenoxy) is 1. The van der Waals surface area contributed by atoms with Crippen LogP contribution in [0.4, 0.5) is 0 Å². The molecule has 2 saturated heterocycles. The maximum Gasteiger partial charge on any atom is 0.191 e. The van der Waals surface area contributed by atoms with E-state index in [4.69, 9.17) is 4.74 Å². The Morgan fingerprint density at radius 3 is 2.50 bits per heavy atom. The zero-order chi connectivity index (χ0) is 16.7. The van der Waals surface area contributed by atoms with Gasteiger partial charge in [0.05, 0.1) is 5.56 Å². The SMILES string of the molecule is Cc1cc2c(cc1Br)C(=O)[C@@](CN1CCCC1)(N1CCCC1)CO2. The average molecular weight is 393 g/mol. The maximum atomic E-state index is 13.6. The molecule has 0 spiro atoms. The van der Waals surface area contributed by atoms with E-state index in [1.165, 1.54) is 25.7 Å². The van der Waals surface area contributed by atoms with E-state index in [-0.39, 0.29) is 5.78 Å². The first-order valence-electron chi connectivity index (χ1n) is 9.05. The van der Waals surface area contributed by atoms with Gasteiger partial charge in [0.25, 0.3) is 0 Å². The highest BCUT2D eigenvalue weighted by Gasteiger charge is 2.50. The van der Waals surface area contributed by atoms with Crippen LogP contribution in [0.5, 0.6) is 5.75 Å². The molecule has 1 atom stereocenters. The number of hydrogen-bond donors (Lipinski definition) is 0. The van der Waals surface area contributed by atoms with Crippen molar-refractivity contribution in [2.75, 3.05) is 39.3 Å². The fraction of sp³-hybridized carbons (Fsp3) is 0.632. The molecule has 0 radical (unpaired) electrons. The zero-order valence-corrected chi connectivity index (χ0v) is 15.9. The van der Waals surface area contributed by atoms with E-state index in [1.807, 2.05) is 19.1 Å². The van der Waals surface area contributed by atoms with Crippen LogP contribution in [-0.4, -0.2) is 60.5 Å². The van der Waals surface area contributed by atoms with Crippen LogP contribution in [0.3, 0.4) is 0 Å². The van der Waals surface area contributed by atoms with Gasteiger partial charge in [-0.3, -0.25) is 9.69 Å². The van der Waals surface area contributed by atoms with Crippen molar-refractivity contribution in [3.05, 3.63) is 27.7 Å². The second-order valence-electron chi connectivity index (χ2n) is 7.42. The van der Waals surface area contributed by atoms with Crippen LogP contribution < -0.4 is 4.74 Å². The number of ketones is 1. The van der Waals surface area contributed by atoms with Crippen LogP contribution in [0.15, 0.2) is 16.6 Å². The quantitative estimate of drug-likeness (QED) is 0.789. The first kappa shape index (κ1) is 16.6. The molecular weight excluding hydrogens is 368 g/mol. The van der Waals surface area contributed by atoms with Crippen molar-refractivity contribution in [3.8, 4) is 5.75 Å². The molecule has 0 unspecified atom stereocenters. The molecule has 24 heavy (non-hydrogen) atoms. The number of halogens is 1. The van der Waals surface area contributed by atoms with E-state index in [0.29, 0.717) is 6.61 Å². The van der Waals surface area contributed by atoms with Crippen LogP contribution in [-0.2, 0) is 0 Å². The first-order chi connectivity index (χ1) is 11.6. The summed E-state index contributed by atoms with van der Waals surface area (Å²) in [6.45, 7) is 7.54. The predicted molar refractivity (Wildman–Crippen MR) is 97.9 cm³/mol. The average Bonchev–Trinajstić information content (AvgIpc) is 3.26. The molecule has 3 heterocycles. The van der Waals surface area contributed by atoms with Crippen molar-refractivity contribution in [3.63, 3.8) is 0 Å². The van der Waals surface area contributed by atoms with Crippen molar-refractivity contribution in [2.24, 2.45) is 0 Å². The summed E-state index contributed by atoms with van der Waals surface area (Å²) in [5.41, 5.74) is 1.34. The fourth-order valence-corrected chi connectivity index (χ4v) is 4.72. The molecule has 5 heteroatoms. The Balaban J connectivity index is 1.72. The van der Waals surface area contributed by atoms with Crippen LogP contribution in [0.2, 0.25) is 0 Å². The summed E-state index contributed by atoms with van der Waals surface area (Å²) in [5.74, 6) is 0.996. The van der Waals surface area contributed by atoms with Gasteiger partial charge < -0.3 is 9.64 Å². The predicted octanol–water partition coefficient (Wildman–Crippen LogP) is 3.26. The summed E-state index contributed by atoms with van der Waals surface area (Å²) in [7, 11) is 0. The molecule has 4 nitrogen and oxygen atoms in total. The topological polar surface area (TPSA) is 32.8 Å². The Morgan fingerprint density at radius 2 is 1.79 bits per heavy atom. The van der Waals surface area contributed by atoms with Gasteiger partial charge >= 0.3 is 0 Å². The Hall–Kier alpha value is -0.910. The molecule has 0 saturated carbocycles. The first-order valence-corrected chi connectivity index (χ1v) is 9.85. The van der Waals surface area contributed by atoms with Crippen LogP contribution in [0, 0.1) is 6.92 Å². The third-order valence-corrected chi connectivity index (χ3v) is 6.64. The van der Waals surface area contributed by atoms with Gasteiger partial charge in [-0.2, -0.15) is 0 Å². The van der Waals surface area contributed by atoms with Crippen molar-refractivity contribution < 1.29 is 9.53 Å². The van der Waals surface area contributed by atoms with E-state index < -0.39 is 5.54 Å². The summed E-state index contributed by atoms with van der Waals surface area (Å²) in [6.07, 6.45) is 4.85. The number of likely N-dealkylation sites (tertiary alicyclic amines) is 2. The summed E-state index contributed by atoms with van der Waals surface area (Å²) < 4.78 is 7.14. The number of nitrogens with zero attached hydrogens (tertiary/aromatic N) is 2. The van der Waals surface area contributed by atoms with E-state index in [2.05, 4.69) is 25.7 Å². The Bertz CT molecular complexity index is 651. The van der Waals surface area contributed by atoms with Crippen molar-refractivity contribution >= 4 is 21.7 Å². The number of aryl methyl sites for hydroxylation is 1. The van der Waals surface area contributed by atoms with Crippen LogP contribution >= 0.6 is 15.9 Å². The number of fused-ring (bicyclic) bond motifs is 1. The largest absolute Gasteiger partial charge is 0.490 e. The minimum atomic E-state index is -0.511. The molecule has 4 rings (SSSR count). The molecule has 130 valence electrons. The smallest absolute Gasteiger partial charge is 0.191 e. The number of carbonyl (C=O) groups is 1. The van der Waals surface area contributed by atoms with E-state index in [9.17, 15) is 4.79 Å². The lowest BCUT2D eigenvalue weighted by atomic mass is 9.84. The molecular formula is C19H25BrN2O2. The molecule has 1 aromatic carbocycles. The van der Waals surface area contributed by atoms with Gasteiger partial charge in [-0.1, -0.05) is 15.9 Å². The maximum absolute atomic E-state index is 13.6. The summed E-state index contributed by atoms with van der Waals surface area (Å²) in [6, 6.07) is 3.95. The molecule has 1 aromatic rings. The summed E-state index contributed by atoms with van der Waals surface area (Å²) in [4.78, 5) is 18.5. The molecule has 0 aromatic heterocycles. The minimum Gasteiger partial charge on any atom is -0.490 e. The third kappa shape index (κ3) is 2.71. The number of rotatable bonds is 3. The Morgan fingerprint density at radius 1 is 1.12 bits per heavy atom. The molecule has 0 N–H and O–H groups in total. The van der Waals surface area contributed by atoms with Gasteiger partial charge in [0.15, 0.2) is 5.78 Å². The van der Waals surface area contributed by atoms with E-state index in [1.54, 1.807) is 0 Å². The standard InChI is InChI=1S/C19H25BrN2O2/c1-14-10-17-15(11-16(14)20)18(23)19(13-24-17,22-8-4-5-9-22)12-21-6-2-3-7-21/h10-11H,2-9,12-13H2,1H3/t19-/m0/s1. The van der Waals surface area contributed by atoms with Crippen molar-refractivity contribution in [2.45, 2.75) is 38.1 Å². The van der Waals surface area contributed by atoms with E-state index in [0.717, 1.165) is 54.1 Å². The second-order valence-corrected chi connectivity index (χ2v) is 8.28. The Kier molecular flexibility index (Phi) is 4.43. The van der Waals surface area contributed by atoms with Gasteiger partial charge in [-0.15, -0.1) is 0 Å². The highest BCUT2D eigenvalue weighted by molar-refractivity contribution is 9.10. The van der Waals surface area contributed by atoms with Gasteiger partial charge in [0.2, 0.25) is 0 Å². The Labute approximate surface area is 152 Å². The van der Waals surface area contributed by atoms with Crippen LogP contribution in [0.1, 0.15) is 41.6 Å². The van der Waals surface area contributed by atoms with Gasteiger partial charge in [-0.05, 0) is 76.5 Å². The number of benzene rings is 1. The highest BCUT2D eigenvalue weighted by Crippen LogP contribution is 2.38. The van der Waals surface area contributed by atoms with Crippen molar-refractivity contribution in [1.82, 2.24) is 9.80 Å². The highest BCUT2D eigenvalue weighted by atomic mass is 79.9. The lowest BCUT2D eigenvalue weighted by molar-refractivity contribution is 0.0199. The lowest BCUT2D eigenvalue weighted by Gasteiger charge is -2.45. The zero-order valence-electron chi connectivity index (χ0n) is 14.3. The normalized spacial score (nSPS) is 28.2. The molecule has 0 bridgehead atoms. The molecule has 0 aliphatic carbocycles. The molecule has 0 amide bonds. The second kappa shape index (κ2) is 6.43. The molecule has 2 fully saturated rings. The van der Waals surface area contributed by atoms with Gasteiger partial charge in [0.1, 0.15) is 17.9 Å². The molecule has 3 aliphatic heterocycles. The minimum absolute atomic E-state index is 0.248. The van der Waals surface area contributed by atoms with Crippen molar-refractivity contribution in [1.29, 1.82) is 0 Å². The summed E-state index contributed by atoms with van der Waals surface area (Å²) in [5, 5.41) is 0. The lowest BCUT2D eigenvalue weighted by Crippen LogP contribution is -2.64. The van der Waals surface area contributed by atoms with Gasteiger partial charge in [-0.25, -0.2) is 0 Å². The third-order valence-electron chi connectivity index (χ3n) is 5.79. The van der Waals surface area contributed by atoms with Crippen LogP contribution in [0.25, 0.3) is 0 Å². The number of carbonyl (C=O) groups excluding carboxylic acids is 1. The fourth-order valence-electron chi connectivity index (χ4n) is 4.37. The summed E-state index contributed by atoms with van der Waals surface area (Å²) >= 11 is 3.58.